The quantitative estimate of drug-likeness (QED) is 0.0683. The van der Waals surface area contributed by atoms with Crippen LogP contribution in [0.1, 0.15) is 0 Å². The minimum Gasteiger partial charge on any atom is -0.506 e. The Morgan fingerprint density at radius 3 is 0.515 bits per heavy atom. The summed E-state index contributed by atoms with van der Waals surface area (Å²) in [4.78, 5) is 0. The molecule has 0 aliphatic carbocycles. The van der Waals surface area contributed by atoms with E-state index in [0.29, 0.717) is 0 Å². The topological polar surface area (TPSA) is 526 Å². The van der Waals surface area contributed by atoms with Crippen molar-refractivity contribution in [2.75, 3.05) is 0 Å². The maximum Gasteiger partial charge on any atom is 0.205 e. The van der Waals surface area contributed by atoms with Crippen molar-refractivity contribution in [3.8, 4) is 183 Å². The van der Waals surface area contributed by atoms with Gasteiger partial charge in [-0.15, -0.1) is 0 Å². The molecule has 26 N–H and O–H groups in total. The molecule has 8 rings (SSSR count). The molecule has 0 saturated carbocycles. The van der Waals surface area contributed by atoms with E-state index in [-0.39, 0.29) is 0 Å². The molecule has 0 amide bonds. The Labute approximate surface area is 358 Å². The molecule has 0 fully saturated rings. The molecule has 26 nitrogen and oxygen atoms in total. The van der Waals surface area contributed by atoms with Crippen molar-refractivity contribution in [3.63, 3.8) is 0 Å². The third kappa shape index (κ3) is 4.70. The van der Waals surface area contributed by atoms with Gasteiger partial charge in [0.1, 0.15) is 5.75 Å². The summed E-state index contributed by atoms with van der Waals surface area (Å²) in [6.45, 7) is 0. The van der Waals surface area contributed by atoms with Crippen LogP contribution >= 0.6 is 0 Å². The van der Waals surface area contributed by atoms with Crippen molar-refractivity contribution in [2.45, 2.75) is 0 Å². The van der Waals surface area contributed by atoms with Crippen LogP contribution in [0.5, 0.6) is 149 Å². The van der Waals surface area contributed by atoms with Gasteiger partial charge in [-0.3, -0.25) is 0 Å². The number of fused-ring (bicyclic) bond motifs is 4. The number of phenolic OH excluding ortho intramolecular Hbond substituents is 26. The molecule has 0 radical (unpaired) electrons. The van der Waals surface area contributed by atoms with Crippen LogP contribution in [-0.4, -0.2) is 133 Å². The molecular weight excluding hydrogens is 896 g/mol. The van der Waals surface area contributed by atoms with Crippen LogP contribution in [0.2, 0.25) is 0 Å². The second kappa shape index (κ2) is 13.1. The number of hydrogen-bond acceptors (Lipinski definition) is 26. The smallest absolute Gasteiger partial charge is 0.205 e. The number of aromatic hydroxyl groups is 26. The zero-order valence-electron chi connectivity index (χ0n) is 31.6. The fraction of sp³-hybridized carbons (Fsp3) is 0. The first kappa shape index (κ1) is 42.3. The van der Waals surface area contributed by atoms with Gasteiger partial charge < -0.3 is 133 Å². The molecule has 8 aromatic carbocycles. The van der Waals surface area contributed by atoms with Crippen molar-refractivity contribution in [1.29, 1.82) is 0 Å². The lowest BCUT2D eigenvalue weighted by Crippen LogP contribution is -1.97. The number of hydrogen-bond donors (Lipinski definition) is 26. The van der Waals surface area contributed by atoms with Crippen LogP contribution in [0.3, 0.4) is 0 Å². The second-order valence-corrected chi connectivity index (χ2v) is 14.3. The lowest BCUT2D eigenvalue weighted by Gasteiger charge is -2.25. The number of rotatable bonds is 3. The van der Waals surface area contributed by atoms with E-state index in [1.807, 2.05) is 0 Å². The highest BCUT2D eigenvalue weighted by Gasteiger charge is 2.40. The summed E-state index contributed by atoms with van der Waals surface area (Å²) in [6, 6.07) is 0. The molecule has 0 saturated heterocycles. The maximum absolute atomic E-state index is 11.8. The fourth-order valence-electron chi connectivity index (χ4n) is 8.04. The maximum atomic E-state index is 11.8. The number of benzene rings is 8. The average Bonchev–Trinajstić information content (AvgIpc) is 3.28. The molecule has 0 heterocycles. The van der Waals surface area contributed by atoms with Gasteiger partial charge in [0.15, 0.2) is 92.0 Å². The van der Waals surface area contributed by atoms with Crippen LogP contribution in [-0.2, 0) is 0 Å². The summed E-state index contributed by atoms with van der Waals surface area (Å²) in [5.41, 5.74) is -8.88. The van der Waals surface area contributed by atoms with Gasteiger partial charge in [-0.05, 0) is 0 Å². The first-order chi connectivity index (χ1) is 30.7. The van der Waals surface area contributed by atoms with Crippen molar-refractivity contribution in [1.82, 2.24) is 0 Å². The Morgan fingerprint density at radius 2 is 0.227 bits per heavy atom. The Balaban J connectivity index is 1.68. The van der Waals surface area contributed by atoms with E-state index in [2.05, 4.69) is 0 Å². The molecule has 0 spiro atoms. The van der Waals surface area contributed by atoms with E-state index in [0.717, 1.165) is 0 Å². The first-order valence-electron chi connectivity index (χ1n) is 17.6. The largest absolute Gasteiger partial charge is 0.506 e. The van der Waals surface area contributed by atoms with Crippen molar-refractivity contribution >= 4 is 43.1 Å². The summed E-state index contributed by atoms with van der Waals surface area (Å²) < 4.78 is 0. The minimum absolute atomic E-state index is 1.23. The van der Waals surface area contributed by atoms with Gasteiger partial charge in [-0.1, -0.05) is 0 Å². The van der Waals surface area contributed by atoms with E-state index in [4.69, 9.17) is 0 Å². The normalized spacial score (nSPS) is 11.7. The first-order valence-corrected chi connectivity index (χ1v) is 17.6. The molecular formula is C40H26O26. The van der Waals surface area contributed by atoms with E-state index in [9.17, 15) is 133 Å². The van der Waals surface area contributed by atoms with Gasteiger partial charge in [-0.2, -0.15) is 0 Å². The van der Waals surface area contributed by atoms with Crippen molar-refractivity contribution in [3.05, 3.63) is 0 Å². The monoisotopic (exact) mass is 922 g/mol. The Kier molecular flexibility index (Phi) is 8.37. The highest BCUT2D eigenvalue weighted by molar-refractivity contribution is 6.31. The van der Waals surface area contributed by atoms with Gasteiger partial charge in [0.25, 0.3) is 0 Å². The zero-order chi connectivity index (χ0) is 49.1. The van der Waals surface area contributed by atoms with Crippen molar-refractivity contribution < 1.29 is 133 Å². The molecule has 0 aliphatic heterocycles. The van der Waals surface area contributed by atoms with Gasteiger partial charge in [0.2, 0.25) is 51.7 Å². The molecule has 0 atom stereocenters. The highest BCUT2D eigenvalue weighted by atomic mass is 16.4. The molecule has 0 aromatic heterocycles. The van der Waals surface area contributed by atoms with E-state index >= 15 is 0 Å². The SMILES string of the molecule is Oc1c(O)c(-c2c3c(O)c(O)c(O)c(O)c3c(-c3c(O)c(O)c4c(O)c(O)c(O)c(O)c4c3O)c3c(O)c(O)c(O)c(O)c23)c(O)c(O)c1-c1c(O)c(O)c(O)c2c(O)c(O)c(O)c(O)c12. The predicted molar refractivity (Wildman–Crippen MR) is 216 cm³/mol. The molecule has 0 aliphatic rings. The zero-order valence-corrected chi connectivity index (χ0v) is 31.6. The average molecular weight is 923 g/mol. The van der Waals surface area contributed by atoms with Gasteiger partial charge in [-0.25, -0.2) is 0 Å². The standard InChI is InChI=1S/C40H26O26/c41-15-9(22(48)27(53)14-13(15)30(56)39(65)40(66)31(14)57)1-3-5(18(44)35(61)33(59)16(3)42)2(6-4(1)17(43)34(60)36(62)19(6)45)10-23(49)25(51)11(26(52)24(10)50)7-8-12(28(54)32(58)20(7)46)29(55)38(64)37(63)21(8)47/h41-66H. The summed E-state index contributed by atoms with van der Waals surface area (Å²) >= 11 is 0. The summed E-state index contributed by atoms with van der Waals surface area (Å²) in [6.07, 6.45) is 0. The van der Waals surface area contributed by atoms with E-state index in [1.54, 1.807) is 0 Å². The minimum atomic E-state index is -1.90. The lowest BCUT2D eigenvalue weighted by molar-refractivity contribution is 0.346. The number of phenols is 26. The summed E-state index contributed by atoms with van der Waals surface area (Å²) in [7, 11) is 0. The Morgan fingerprint density at radius 1 is 0.0909 bits per heavy atom. The molecule has 26 heteroatoms. The van der Waals surface area contributed by atoms with Gasteiger partial charge >= 0.3 is 0 Å². The molecule has 342 valence electrons. The fourth-order valence-corrected chi connectivity index (χ4v) is 8.04. The molecule has 66 heavy (non-hydrogen) atoms. The lowest BCUT2D eigenvalue weighted by atomic mass is 9.81. The van der Waals surface area contributed by atoms with Gasteiger partial charge in [0.05, 0.1) is 32.8 Å². The molecule has 0 unspecified atom stereocenters. The van der Waals surface area contributed by atoms with E-state index in [1.165, 1.54) is 0 Å². The van der Waals surface area contributed by atoms with E-state index < -0.39 is 226 Å². The summed E-state index contributed by atoms with van der Waals surface area (Å²) in [5, 5.41) is 276. The van der Waals surface area contributed by atoms with Crippen LogP contribution in [0.15, 0.2) is 0 Å². The van der Waals surface area contributed by atoms with Crippen LogP contribution in [0.25, 0.3) is 76.5 Å². The highest BCUT2D eigenvalue weighted by Crippen LogP contribution is 2.70. The van der Waals surface area contributed by atoms with Crippen molar-refractivity contribution in [2.24, 2.45) is 0 Å². The third-order valence-corrected chi connectivity index (χ3v) is 11.1. The predicted octanol–water partition coefficient (Wildman–Crippen LogP) is 3.65. The molecule has 8 aromatic rings. The van der Waals surface area contributed by atoms with Crippen LogP contribution < -0.4 is 0 Å². The second-order valence-electron chi connectivity index (χ2n) is 14.3. The molecule has 0 bridgehead atoms. The van der Waals surface area contributed by atoms with Gasteiger partial charge in [0, 0.05) is 43.6 Å². The Bertz CT molecular complexity index is 3530. The Hall–Kier alpha value is -10.4. The summed E-state index contributed by atoms with van der Waals surface area (Å²) in [5.74, 6) is -44.1. The third-order valence-electron chi connectivity index (χ3n) is 11.1. The van der Waals surface area contributed by atoms with Crippen LogP contribution in [0.4, 0.5) is 0 Å². The van der Waals surface area contributed by atoms with Crippen LogP contribution in [0, 0.1) is 0 Å².